The van der Waals surface area contributed by atoms with Gasteiger partial charge in [-0.1, -0.05) is 48.5 Å². The molecular formula is C21H22N2Si. The van der Waals surface area contributed by atoms with E-state index < -0.39 is 8.40 Å². The summed E-state index contributed by atoms with van der Waals surface area (Å²) in [5.41, 5.74) is 6.56. The Bertz CT molecular complexity index is 860. The van der Waals surface area contributed by atoms with Gasteiger partial charge in [-0.05, 0) is 55.9 Å². The highest BCUT2D eigenvalue weighted by Gasteiger charge is 2.47. The summed E-state index contributed by atoms with van der Waals surface area (Å²) in [7, 11) is -1.95. The second-order valence-electron chi connectivity index (χ2n) is 6.78. The first-order valence-electron chi connectivity index (χ1n) is 8.41. The van der Waals surface area contributed by atoms with Crippen molar-refractivity contribution < 1.29 is 0 Å². The maximum absolute atomic E-state index is 2.59. The number of benzene rings is 3. The zero-order valence-corrected chi connectivity index (χ0v) is 15.4. The molecule has 0 radical (unpaired) electrons. The van der Waals surface area contributed by atoms with Crippen LogP contribution < -0.4 is 9.13 Å². The predicted molar refractivity (Wildman–Crippen MR) is 106 cm³/mol. The molecule has 1 heterocycles. The molecule has 1 aliphatic heterocycles. The normalized spacial score (nSPS) is 15.5. The highest BCUT2D eigenvalue weighted by atomic mass is 28.3. The van der Waals surface area contributed by atoms with E-state index >= 15 is 0 Å². The van der Waals surface area contributed by atoms with E-state index in [9.17, 15) is 0 Å². The van der Waals surface area contributed by atoms with Crippen molar-refractivity contribution >= 4 is 31.1 Å². The SMILES string of the molecule is Cc1cccc2c1N(c1ccccc1)[Si](C)(C)N2c1ccccc1. The Morgan fingerprint density at radius 3 is 1.75 bits per heavy atom. The van der Waals surface area contributed by atoms with Crippen LogP contribution in [0.3, 0.4) is 0 Å². The molecule has 0 unspecified atom stereocenters. The molecule has 0 atom stereocenters. The van der Waals surface area contributed by atoms with Crippen LogP contribution in [0.5, 0.6) is 0 Å². The van der Waals surface area contributed by atoms with Gasteiger partial charge in [0.05, 0.1) is 11.4 Å². The van der Waals surface area contributed by atoms with Crippen molar-refractivity contribution in [1.29, 1.82) is 0 Å². The van der Waals surface area contributed by atoms with Gasteiger partial charge >= 0.3 is 0 Å². The van der Waals surface area contributed by atoms with Gasteiger partial charge in [-0.2, -0.15) is 0 Å². The first-order valence-corrected chi connectivity index (χ1v) is 11.3. The Hall–Kier alpha value is -2.52. The van der Waals surface area contributed by atoms with Crippen LogP contribution in [0.25, 0.3) is 0 Å². The van der Waals surface area contributed by atoms with E-state index in [4.69, 9.17) is 0 Å². The third-order valence-electron chi connectivity index (χ3n) is 4.80. The fraction of sp³-hybridized carbons (Fsp3) is 0.143. The zero-order valence-electron chi connectivity index (χ0n) is 14.4. The molecule has 0 aliphatic carbocycles. The average molecular weight is 331 g/mol. The molecule has 0 saturated heterocycles. The topological polar surface area (TPSA) is 6.48 Å². The number of anilines is 4. The van der Waals surface area contributed by atoms with E-state index in [0.717, 1.165) is 0 Å². The number of nitrogens with zero attached hydrogens (tertiary/aromatic N) is 2. The summed E-state index contributed by atoms with van der Waals surface area (Å²) < 4.78 is 5.16. The monoisotopic (exact) mass is 330 g/mol. The highest BCUT2D eigenvalue weighted by molar-refractivity contribution is 6.88. The summed E-state index contributed by atoms with van der Waals surface area (Å²) in [6.07, 6.45) is 0. The van der Waals surface area contributed by atoms with Crippen LogP contribution >= 0.6 is 0 Å². The van der Waals surface area contributed by atoms with E-state index in [1.807, 2.05) is 0 Å². The number of aryl methyl sites for hydroxylation is 1. The van der Waals surface area contributed by atoms with E-state index in [-0.39, 0.29) is 0 Å². The Balaban J connectivity index is 1.98. The fourth-order valence-corrected chi connectivity index (χ4v) is 7.21. The molecule has 0 aromatic heterocycles. The fourth-order valence-electron chi connectivity index (χ4n) is 3.84. The van der Waals surface area contributed by atoms with Crippen molar-refractivity contribution in [2.24, 2.45) is 0 Å². The number of hydrogen-bond acceptors (Lipinski definition) is 2. The van der Waals surface area contributed by atoms with Gasteiger partial charge in [0, 0.05) is 11.4 Å². The number of hydrogen-bond donors (Lipinski definition) is 0. The van der Waals surface area contributed by atoms with Gasteiger partial charge in [-0.25, -0.2) is 0 Å². The average Bonchev–Trinajstić information content (AvgIpc) is 2.84. The smallest absolute Gasteiger partial charge is 0.267 e. The second-order valence-corrected chi connectivity index (χ2v) is 10.7. The van der Waals surface area contributed by atoms with Gasteiger partial charge in [-0.3, -0.25) is 0 Å². The van der Waals surface area contributed by atoms with Crippen LogP contribution in [-0.2, 0) is 0 Å². The summed E-state index contributed by atoms with van der Waals surface area (Å²) in [6, 6.07) is 28.2. The van der Waals surface area contributed by atoms with Crippen molar-refractivity contribution in [2.45, 2.75) is 20.0 Å². The minimum Gasteiger partial charge on any atom is -0.349 e. The molecule has 0 amide bonds. The Kier molecular flexibility index (Phi) is 3.46. The Morgan fingerprint density at radius 2 is 1.17 bits per heavy atom. The molecule has 0 saturated carbocycles. The number of rotatable bonds is 2. The minimum atomic E-state index is -1.95. The van der Waals surface area contributed by atoms with Gasteiger partial charge < -0.3 is 9.13 Å². The number of fused-ring (bicyclic) bond motifs is 1. The third kappa shape index (κ3) is 2.16. The van der Waals surface area contributed by atoms with Crippen molar-refractivity contribution in [2.75, 3.05) is 9.13 Å². The Labute approximate surface area is 145 Å². The third-order valence-corrected chi connectivity index (χ3v) is 7.97. The van der Waals surface area contributed by atoms with Gasteiger partial charge in [0.2, 0.25) is 0 Å². The van der Waals surface area contributed by atoms with Crippen LogP contribution in [0.15, 0.2) is 78.9 Å². The molecular weight excluding hydrogens is 308 g/mol. The lowest BCUT2D eigenvalue weighted by Crippen LogP contribution is -2.54. The van der Waals surface area contributed by atoms with Gasteiger partial charge in [0.15, 0.2) is 0 Å². The van der Waals surface area contributed by atoms with Crippen LogP contribution in [0.2, 0.25) is 13.1 Å². The van der Waals surface area contributed by atoms with Crippen molar-refractivity contribution in [3.63, 3.8) is 0 Å². The molecule has 1 aliphatic rings. The van der Waals surface area contributed by atoms with Crippen molar-refractivity contribution in [3.05, 3.63) is 84.4 Å². The molecule has 120 valence electrons. The van der Waals surface area contributed by atoms with Crippen LogP contribution in [0.1, 0.15) is 5.56 Å². The molecule has 4 rings (SSSR count). The Morgan fingerprint density at radius 1 is 0.625 bits per heavy atom. The molecule has 0 bridgehead atoms. The zero-order chi connectivity index (χ0) is 16.7. The van der Waals surface area contributed by atoms with E-state index in [1.54, 1.807) is 0 Å². The summed E-state index contributed by atoms with van der Waals surface area (Å²) in [6.45, 7) is 7.06. The lowest BCUT2D eigenvalue weighted by atomic mass is 10.1. The lowest BCUT2D eigenvalue weighted by Gasteiger charge is -2.38. The van der Waals surface area contributed by atoms with Gasteiger partial charge in [0.25, 0.3) is 8.40 Å². The van der Waals surface area contributed by atoms with Gasteiger partial charge in [0.1, 0.15) is 0 Å². The van der Waals surface area contributed by atoms with Crippen molar-refractivity contribution in [3.8, 4) is 0 Å². The predicted octanol–water partition coefficient (Wildman–Crippen LogP) is 5.99. The summed E-state index contributed by atoms with van der Waals surface area (Å²) in [4.78, 5) is 0. The molecule has 0 spiro atoms. The highest BCUT2D eigenvalue weighted by Crippen LogP contribution is 2.51. The minimum absolute atomic E-state index is 1.28. The lowest BCUT2D eigenvalue weighted by molar-refractivity contribution is 1.30. The van der Waals surface area contributed by atoms with E-state index in [1.165, 1.54) is 28.3 Å². The maximum atomic E-state index is 2.59. The van der Waals surface area contributed by atoms with E-state index in [0.29, 0.717) is 0 Å². The summed E-state index contributed by atoms with van der Waals surface area (Å²) in [5.74, 6) is 0. The molecule has 0 N–H and O–H groups in total. The quantitative estimate of drug-likeness (QED) is 0.533. The number of para-hydroxylation sites is 3. The molecule has 3 aromatic rings. The van der Waals surface area contributed by atoms with Crippen molar-refractivity contribution in [1.82, 2.24) is 0 Å². The second kappa shape index (κ2) is 5.53. The van der Waals surface area contributed by atoms with Crippen LogP contribution in [0.4, 0.5) is 22.7 Å². The molecule has 3 aromatic carbocycles. The molecule has 0 fully saturated rings. The first-order chi connectivity index (χ1) is 11.6. The largest absolute Gasteiger partial charge is 0.349 e. The van der Waals surface area contributed by atoms with Crippen LogP contribution in [0, 0.1) is 6.92 Å². The summed E-state index contributed by atoms with van der Waals surface area (Å²) >= 11 is 0. The maximum Gasteiger partial charge on any atom is 0.267 e. The molecule has 24 heavy (non-hydrogen) atoms. The standard InChI is InChI=1S/C21H22N2Si/c1-17-11-10-16-20-21(17)23(19-14-8-5-9-15-19)24(2,3)22(20)18-12-6-4-7-13-18/h4-16H,1-3H3. The van der Waals surface area contributed by atoms with Crippen LogP contribution in [-0.4, -0.2) is 8.40 Å². The summed E-state index contributed by atoms with van der Waals surface area (Å²) in [5, 5.41) is 0. The first kappa shape index (κ1) is 15.0. The van der Waals surface area contributed by atoms with Gasteiger partial charge in [-0.15, -0.1) is 0 Å². The molecule has 3 heteroatoms. The van der Waals surface area contributed by atoms with E-state index in [2.05, 4.69) is 108 Å². The molecule has 2 nitrogen and oxygen atoms in total.